The number of hydrogen-bond donors (Lipinski definition) is 1. The van der Waals surface area contributed by atoms with Crippen LogP contribution < -0.4 is 15.3 Å². The highest BCUT2D eigenvalue weighted by Crippen LogP contribution is 2.32. The Bertz CT molecular complexity index is 918. The van der Waals surface area contributed by atoms with Crippen molar-refractivity contribution in [1.82, 2.24) is 15.2 Å². The molecule has 1 aliphatic heterocycles. The summed E-state index contributed by atoms with van der Waals surface area (Å²) in [6.07, 6.45) is -4.24. The molecule has 1 aromatic carbocycles. The molecule has 0 saturated carbocycles. The fourth-order valence-electron chi connectivity index (χ4n) is 3.42. The SMILES string of the molecule is CNC(=O)CC1CN(c2ccc(-c3cccc(C(F)(F)F)c3)nc2)CCN1C(=O)[O-]. The number of alkyl halides is 3. The highest BCUT2D eigenvalue weighted by atomic mass is 19.4. The second-order valence-corrected chi connectivity index (χ2v) is 6.92. The van der Waals surface area contributed by atoms with Gasteiger partial charge in [-0.05, 0) is 24.3 Å². The highest BCUT2D eigenvalue weighted by Gasteiger charge is 2.31. The molecule has 1 saturated heterocycles. The van der Waals surface area contributed by atoms with E-state index in [9.17, 15) is 27.9 Å². The topological polar surface area (TPSA) is 88.6 Å². The lowest BCUT2D eigenvalue weighted by Gasteiger charge is -2.43. The van der Waals surface area contributed by atoms with E-state index < -0.39 is 23.9 Å². The second-order valence-electron chi connectivity index (χ2n) is 6.92. The van der Waals surface area contributed by atoms with E-state index in [4.69, 9.17) is 0 Å². The number of carbonyl (C=O) groups is 2. The number of aromatic nitrogens is 1. The number of benzene rings is 1. The zero-order valence-electron chi connectivity index (χ0n) is 16.1. The number of carbonyl (C=O) groups excluding carboxylic acids is 2. The van der Waals surface area contributed by atoms with Crippen molar-refractivity contribution in [3.05, 3.63) is 48.2 Å². The lowest BCUT2D eigenvalue weighted by Crippen LogP contribution is -2.59. The van der Waals surface area contributed by atoms with E-state index in [0.717, 1.165) is 17.0 Å². The van der Waals surface area contributed by atoms with Gasteiger partial charge in [0.2, 0.25) is 5.91 Å². The molecule has 1 N–H and O–H groups in total. The third-order valence-electron chi connectivity index (χ3n) is 5.02. The monoisotopic (exact) mass is 421 g/mol. The summed E-state index contributed by atoms with van der Waals surface area (Å²) in [5.41, 5.74) is 0.669. The minimum absolute atomic E-state index is 0.00325. The molecule has 2 aromatic rings. The maximum absolute atomic E-state index is 12.9. The minimum Gasteiger partial charge on any atom is -0.530 e. The Balaban J connectivity index is 1.77. The summed E-state index contributed by atoms with van der Waals surface area (Å²) in [7, 11) is 1.47. The van der Waals surface area contributed by atoms with Crippen molar-refractivity contribution in [3.8, 4) is 11.3 Å². The molecular formula is C20H20F3N4O3-. The molecule has 1 aliphatic rings. The Hall–Kier alpha value is -3.30. The molecule has 7 nitrogen and oxygen atoms in total. The first kappa shape index (κ1) is 21.4. The standard InChI is InChI=1S/C20H21F3N4O3/c1-24-18(28)10-16-12-26(7-8-27(16)19(29)30)15-5-6-17(25-11-15)13-3-2-4-14(9-13)20(21,22)23/h2-6,9,11,16H,7-8,10,12H2,1H3,(H,24,28)(H,29,30)/p-1. The first-order chi connectivity index (χ1) is 14.2. The number of nitrogens with one attached hydrogen (secondary N) is 1. The molecule has 0 radical (unpaired) electrons. The molecule has 1 atom stereocenters. The average Bonchev–Trinajstić information content (AvgIpc) is 2.73. The van der Waals surface area contributed by atoms with E-state index in [-0.39, 0.29) is 25.4 Å². The summed E-state index contributed by atoms with van der Waals surface area (Å²) in [6, 6.07) is 7.68. The molecule has 0 spiro atoms. The van der Waals surface area contributed by atoms with E-state index in [1.54, 1.807) is 18.2 Å². The minimum atomic E-state index is -4.44. The number of pyridine rings is 1. The van der Waals surface area contributed by atoms with Gasteiger partial charge in [0.25, 0.3) is 0 Å². The number of rotatable bonds is 4. The highest BCUT2D eigenvalue weighted by molar-refractivity contribution is 5.77. The number of hydrogen-bond acceptors (Lipinski definition) is 5. The van der Waals surface area contributed by atoms with Crippen molar-refractivity contribution < 1.29 is 27.9 Å². The molecule has 2 heterocycles. The molecule has 160 valence electrons. The van der Waals surface area contributed by atoms with Crippen LogP contribution in [0.2, 0.25) is 0 Å². The van der Waals surface area contributed by atoms with Crippen LogP contribution in [0.4, 0.5) is 23.7 Å². The zero-order valence-corrected chi connectivity index (χ0v) is 16.1. The van der Waals surface area contributed by atoms with Crippen LogP contribution >= 0.6 is 0 Å². The summed E-state index contributed by atoms with van der Waals surface area (Å²) in [5.74, 6) is -0.286. The lowest BCUT2D eigenvalue weighted by molar-refractivity contribution is -0.268. The summed E-state index contributed by atoms with van der Waals surface area (Å²) in [4.78, 5) is 30.4. The molecule has 1 fully saturated rings. The van der Waals surface area contributed by atoms with Crippen molar-refractivity contribution in [2.45, 2.75) is 18.6 Å². The van der Waals surface area contributed by atoms with E-state index in [1.807, 2.05) is 4.90 Å². The smallest absolute Gasteiger partial charge is 0.416 e. The normalized spacial score (nSPS) is 17.0. The van der Waals surface area contributed by atoms with Crippen LogP contribution in [0, 0.1) is 0 Å². The van der Waals surface area contributed by atoms with Gasteiger partial charge < -0.3 is 25.0 Å². The summed E-state index contributed by atoms with van der Waals surface area (Å²) >= 11 is 0. The molecule has 0 aliphatic carbocycles. The third-order valence-corrected chi connectivity index (χ3v) is 5.02. The van der Waals surface area contributed by atoms with Crippen LogP contribution in [0.1, 0.15) is 12.0 Å². The van der Waals surface area contributed by atoms with E-state index >= 15 is 0 Å². The van der Waals surface area contributed by atoms with Crippen molar-refractivity contribution in [2.24, 2.45) is 0 Å². The Morgan fingerprint density at radius 2 is 2.00 bits per heavy atom. The molecule has 1 aromatic heterocycles. The number of piperazine rings is 1. The maximum atomic E-state index is 12.9. The molecule has 2 amide bonds. The van der Waals surface area contributed by atoms with Crippen LogP contribution in [0.5, 0.6) is 0 Å². The predicted octanol–water partition coefficient (Wildman–Crippen LogP) is 1.74. The number of halogens is 3. The average molecular weight is 421 g/mol. The predicted molar refractivity (Wildman–Crippen MR) is 101 cm³/mol. The molecule has 3 rings (SSSR count). The van der Waals surface area contributed by atoms with E-state index in [1.165, 1.54) is 19.3 Å². The third kappa shape index (κ3) is 4.81. The molecule has 0 bridgehead atoms. The zero-order chi connectivity index (χ0) is 21.9. The molecular weight excluding hydrogens is 401 g/mol. The van der Waals surface area contributed by atoms with E-state index in [0.29, 0.717) is 23.5 Å². The van der Waals surface area contributed by atoms with Gasteiger partial charge in [-0.2, -0.15) is 13.2 Å². The number of anilines is 1. The van der Waals surface area contributed by atoms with E-state index in [2.05, 4.69) is 10.3 Å². The van der Waals surface area contributed by atoms with Crippen LogP contribution in [-0.2, 0) is 11.0 Å². The maximum Gasteiger partial charge on any atom is 0.416 e. The first-order valence-corrected chi connectivity index (χ1v) is 9.26. The van der Waals surface area contributed by atoms with Crippen LogP contribution in [0.3, 0.4) is 0 Å². The van der Waals surface area contributed by atoms with Crippen molar-refractivity contribution in [3.63, 3.8) is 0 Å². The number of amides is 2. The van der Waals surface area contributed by atoms with Gasteiger partial charge in [0.05, 0.1) is 29.2 Å². The van der Waals surface area contributed by atoms with Crippen molar-refractivity contribution in [1.29, 1.82) is 0 Å². The molecule has 1 unspecified atom stereocenters. The van der Waals surface area contributed by atoms with Gasteiger partial charge in [-0.25, -0.2) is 0 Å². The van der Waals surface area contributed by atoms with Crippen molar-refractivity contribution in [2.75, 3.05) is 31.6 Å². The summed E-state index contributed by atoms with van der Waals surface area (Å²) < 4.78 is 38.8. The quantitative estimate of drug-likeness (QED) is 0.813. The van der Waals surface area contributed by atoms with Gasteiger partial charge in [0, 0.05) is 38.7 Å². The van der Waals surface area contributed by atoms with Gasteiger partial charge in [0.15, 0.2) is 0 Å². The van der Waals surface area contributed by atoms with Crippen LogP contribution in [0.15, 0.2) is 42.6 Å². The van der Waals surface area contributed by atoms with Gasteiger partial charge in [-0.15, -0.1) is 0 Å². The van der Waals surface area contributed by atoms with Gasteiger partial charge >= 0.3 is 6.18 Å². The Morgan fingerprint density at radius 3 is 2.60 bits per heavy atom. The van der Waals surface area contributed by atoms with Crippen molar-refractivity contribution >= 4 is 17.7 Å². The lowest BCUT2D eigenvalue weighted by atomic mass is 10.1. The molecule has 10 heteroatoms. The Morgan fingerprint density at radius 1 is 1.23 bits per heavy atom. The number of carboxylic acid groups (broad SMARTS) is 1. The Labute approximate surface area is 171 Å². The van der Waals surface area contributed by atoms with Crippen LogP contribution in [-0.4, -0.2) is 54.6 Å². The van der Waals surface area contributed by atoms with Gasteiger partial charge in [0.1, 0.15) is 6.09 Å². The second kappa shape index (κ2) is 8.60. The summed E-state index contributed by atoms with van der Waals surface area (Å²) in [6.45, 7) is 0.814. The molecule has 30 heavy (non-hydrogen) atoms. The summed E-state index contributed by atoms with van der Waals surface area (Å²) in [5, 5.41) is 13.8. The van der Waals surface area contributed by atoms with Crippen LogP contribution in [0.25, 0.3) is 11.3 Å². The largest absolute Gasteiger partial charge is 0.530 e. The fourth-order valence-corrected chi connectivity index (χ4v) is 3.42. The van der Waals surface area contributed by atoms with Gasteiger partial charge in [-0.1, -0.05) is 12.1 Å². The van der Waals surface area contributed by atoms with Gasteiger partial charge in [-0.3, -0.25) is 9.78 Å². The first-order valence-electron chi connectivity index (χ1n) is 9.26. The Kier molecular flexibility index (Phi) is 6.14. The number of nitrogens with zero attached hydrogens (tertiary/aromatic N) is 3. The fraction of sp³-hybridized carbons (Fsp3) is 0.350.